The molecule has 0 unspecified atom stereocenters. The minimum Gasteiger partial charge on any atom is -0.463 e. The number of likely N-dealkylation sites (N-methyl/N-ethyl adjacent to an activating group) is 1. The predicted molar refractivity (Wildman–Crippen MR) is 136 cm³/mol. The first kappa shape index (κ1) is 33.6. The molecule has 1 amide bonds. The van der Waals surface area contributed by atoms with Crippen molar-refractivity contribution in [2.24, 2.45) is 0 Å². The van der Waals surface area contributed by atoms with Crippen LogP contribution < -0.4 is 0 Å². The lowest BCUT2D eigenvalue weighted by Crippen LogP contribution is -2.36. The molecular weight excluding hydrogens is 454 g/mol. The molecule has 9 nitrogen and oxygen atoms in total. The lowest BCUT2D eigenvalue weighted by molar-refractivity contribution is -0.145. The van der Waals surface area contributed by atoms with Gasteiger partial charge in [-0.25, -0.2) is 4.79 Å². The van der Waals surface area contributed by atoms with Crippen LogP contribution in [0, 0.1) is 0 Å². The average Bonchev–Trinajstić information content (AvgIpc) is 2.79. The Labute approximate surface area is 213 Å². The van der Waals surface area contributed by atoms with Gasteiger partial charge in [-0.15, -0.1) is 0 Å². The van der Waals surface area contributed by atoms with E-state index in [1.807, 2.05) is 20.8 Å². The number of rotatable bonds is 23. The molecule has 0 rings (SSSR count). The Hall–Kier alpha value is -1.42. The van der Waals surface area contributed by atoms with E-state index in [4.69, 9.17) is 28.4 Å². The van der Waals surface area contributed by atoms with Gasteiger partial charge in [-0.1, -0.05) is 45.4 Å². The summed E-state index contributed by atoms with van der Waals surface area (Å²) < 4.78 is 32.2. The summed E-state index contributed by atoms with van der Waals surface area (Å²) in [6.07, 6.45) is 8.43. The highest BCUT2D eigenvalue weighted by atomic mass is 16.6. The first-order chi connectivity index (χ1) is 16.8. The molecule has 9 heteroatoms. The van der Waals surface area contributed by atoms with Crippen molar-refractivity contribution >= 4 is 12.1 Å². The maximum absolute atomic E-state index is 11.8. The van der Waals surface area contributed by atoms with E-state index in [0.717, 1.165) is 12.8 Å². The lowest BCUT2D eigenvalue weighted by atomic mass is 10.1. The monoisotopic (exact) mass is 505 g/mol. The quantitative estimate of drug-likeness (QED) is 0.147. The van der Waals surface area contributed by atoms with Crippen LogP contribution in [0.1, 0.15) is 79.1 Å². The molecule has 0 radical (unpaired) electrons. The second-order valence-corrected chi connectivity index (χ2v) is 9.44. The fourth-order valence-corrected chi connectivity index (χ4v) is 2.91. The molecule has 0 atom stereocenters. The molecule has 0 spiro atoms. The van der Waals surface area contributed by atoms with Crippen molar-refractivity contribution in [3.63, 3.8) is 0 Å². The van der Waals surface area contributed by atoms with Crippen molar-refractivity contribution in [2.75, 3.05) is 73.1 Å². The molecule has 0 saturated heterocycles. The zero-order chi connectivity index (χ0) is 26.2. The Morgan fingerprint density at radius 2 is 1.11 bits per heavy atom. The van der Waals surface area contributed by atoms with Gasteiger partial charge in [0.15, 0.2) is 0 Å². The molecule has 0 aliphatic carbocycles. The molecule has 0 aromatic carbocycles. The van der Waals surface area contributed by atoms with E-state index in [-0.39, 0.29) is 18.7 Å². The summed E-state index contributed by atoms with van der Waals surface area (Å²) in [5.41, 5.74) is -0.504. The van der Waals surface area contributed by atoms with Crippen LogP contribution in [-0.2, 0) is 33.2 Å². The van der Waals surface area contributed by atoms with Crippen molar-refractivity contribution < 1.29 is 38.0 Å². The van der Waals surface area contributed by atoms with Crippen molar-refractivity contribution in [3.05, 3.63) is 0 Å². The first-order valence-corrected chi connectivity index (χ1v) is 13.2. The van der Waals surface area contributed by atoms with E-state index < -0.39 is 5.60 Å². The van der Waals surface area contributed by atoms with Crippen LogP contribution in [0.15, 0.2) is 0 Å². The number of carbonyl (C=O) groups is 2. The van der Waals surface area contributed by atoms with Gasteiger partial charge in [0, 0.05) is 20.0 Å². The Balaban J connectivity index is 3.29. The minimum absolute atomic E-state index is 0.144. The van der Waals surface area contributed by atoms with E-state index in [2.05, 4.69) is 6.92 Å². The molecule has 0 bridgehead atoms. The summed E-state index contributed by atoms with van der Waals surface area (Å²) in [7, 11) is 1.68. The van der Waals surface area contributed by atoms with Crippen LogP contribution in [0.25, 0.3) is 0 Å². The van der Waals surface area contributed by atoms with Gasteiger partial charge in [0.1, 0.15) is 12.2 Å². The maximum Gasteiger partial charge on any atom is 0.410 e. The summed E-state index contributed by atoms with van der Waals surface area (Å²) in [4.78, 5) is 24.9. The molecule has 35 heavy (non-hydrogen) atoms. The smallest absolute Gasteiger partial charge is 0.410 e. The second kappa shape index (κ2) is 23.0. The van der Waals surface area contributed by atoms with Gasteiger partial charge < -0.3 is 33.3 Å². The number of nitrogens with zero attached hydrogens (tertiary/aromatic N) is 1. The molecular formula is C26H51NO8. The highest BCUT2D eigenvalue weighted by Crippen LogP contribution is 2.09. The Kier molecular flexibility index (Phi) is 22.1. The normalized spacial score (nSPS) is 11.5. The topological polar surface area (TPSA) is 92.8 Å². The molecule has 0 fully saturated rings. The fraction of sp³-hybridized carbons (Fsp3) is 0.923. The van der Waals surface area contributed by atoms with Crippen LogP contribution in [-0.4, -0.2) is 95.6 Å². The van der Waals surface area contributed by atoms with Gasteiger partial charge >= 0.3 is 12.1 Å². The second-order valence-electron chi connectivity index (χ2n) is 9.44. The van der Waals surface area contributed by atoms with Crippen molar-refractivity contribution in [1.29, 1.82) is 0 Å². The molecule has 0 aliphatic heterocycles. The van der Waals surface area contributed by atoms with Crippen LogP contribution in [0.5, 0.6) is 0 Å². The predicted octanol–water partition coefficient (Wildman–Crippen LogP) is 4.60. The third-order valence-corrected chi connectivity index (χ3v) is 4.87. The third kappa shape index (κ3) is 25.5. The number of amides is 1. The van der Waals surface area contributed by atoms with Crippen molar-refractivity contribution in [2.45, 2.75) is 84.7 Å². The van der Waals surface area contributed by atoms with E-state index in [1.54, 1.807) is 7.05 Å². The molecule has 0 aliphatic rings. The largest absolute Gasteiger partial charge is 0.463 e. The van der Waals surface area contributed by atoms with E-state index in [0.29, 0.717) is 65.8 Å². The molecule has 0 N–H and O–H groups in total. The first-order valence-electron chi connectivity index (χ1n) is 13.2. The highest BCUT2D eigenvalue weighted by molar-refractivity contribution is 5.69. The minimum atomic E-state index is -0.504. The van der Waals surface area contributed by atoms with Gasteiger partial charge in [0.2, 0.25) is 0 Å². The number of esters is 1. The Bertz CT molecular complexity index is 510. The SMILES string of the molecule is CCCCCCCCCC(=O)OCCOCCOCCOCCOCCN(C)C(=O)OC(C)(C)C. The lowest BCUT2D eigenvalue weighted by Gasteiger charge is -2.24. The maximum atomic E-state index is 11.8. The Morgan fingerprint density at radius 1 is 0.657 bits per heavy atom. The summed E-state index contributed by atoms with van der Waals surface area (Å²) in [6.45, 7) is 12.0. The van der Waals surface area contributed by atoms with Gasteiger partial charge in [-0.05, 0) is 27.2 Å². The summed E-state index contributed by atoms with van der Waals surface area (Å²) in [5.74, 6) is -0.144. The molecule has 0 heterocycles. The summed E-state index contributed by atoms with van der Waals surface area (Å²) in [5, 5.41) is 0. The molecule has 0 aromatic heterocycles. The van der Waals surface area contributed by atoms with Crippen LogP contribution >= 0.6 is 0 Å². The fourth-order valence-electron chi connectivity index (χ4n) is 2.91. The zero-order valence-electron chi connectivity index (χ0n) is 22.9. The summed E-state index contributed by atoms with van der Waals surface area (Å²) in [6, 6.07) is 0. The summed E-state index contributed by atoms with van der Waals surface area (Å²) >= 11 is 0. The van der Waals surface area contributed by atoms with Crippen molar-refractivity contribution in [3.8, 4) is 0 Å². The van der Waals surface area contributed by atoms with Gasteiger partial charge in [-0.3, -0.25) is 4.79 Å². The van der Waals surface area contributed by atoms with E-state index in [9.17, 15) is 9.59 Å². The molecule has 208 valence electrons. The Morgan fingerprint density at radius 3 is 1.63 bits per heavy atom. The highest BCUT2D eigenvalue weighted by Gasteiger charge is 2.19. The number of carbonyl (C=O) groups excluding carboxylic acids is 2. The number of hydrogen-bond donors (Lipinski definition) is 0. The molecule has 0 aromatic rings. The van der Waals surface area contributed by atoms with Crippen LogP contribution in [0.4, 0.5) is 4.79 Å². The number of hydrogen-bond acceptors (Lipinski definition) is 8. The third-order valence-electron chi connectivity index (χ3n) is 4.87. The standard InChI is InChI=1S/C26H51NO8/c1-6-7-8-9-10-11-12-13-24(28)34-23-22-33-21-20-32-19-18-31-17-16-30-15-14-27(5)25(29)35-26(2,3)4/h6-23H2,1-5H3. The van der Waals surface area contributed by atoms with Gasteiger partial charge in [0.05, 0.1) is 52.9 Å². The van der Waals surface area contributed by atoms with Gasteiger partial charge in [0.25, 0.3) is 0 Å². The van der Waals surface area contributed by atoms with Crippen LogP contribution in [0.3, 0.4) is 0 Å². The zero-order valence-corrected chi connectivity index (χ0v) is 22.9. The number of unbranched alkanes of at least 4 members (excludes halogenated alkanes) is 6. The van der Waals surface area contributed by atoms with E-state index in [1.165, 1.54) is 37.0 Å². The number of ether oxygens (including phenoxy) is 6. The van der Waals surface area contributed by atoms with Gasteiger partial charge in [-0.2, -0.15) is 0 Å². The average molecular weight is 506 g/mol. The van der Waals surface area contributed by atoms with Crippen LogP contribution in [0.2, 0.25) is 0 Å². The van der Waals surface area contributed by atoms with Crippen molar-refractivity contribution in [1.82, 2.24) is 4.90 Å². The molecule has 0 saturated carbocycles. The van der Waals surface area contributed by atoms with E-state index >= 15 is 0 Å².